The first kappa shape index (κ1) is 23.6. The highest BCUT2D eigenvalue weighted by Gasteiger charge is 2.17. The van der Waals surface area contributed by atoms with E-state index in [1.165, 1.54) is 10.3 Å². The quantitative estimate of drug-likeness (QED) is 0.238. The van der Waals surface area contributed by atoms with Gasteiger partial charge in [-0.2, -0.15) is 0 Å². The number of aromatic nitrogens is 1. The molecule has 4 aromatic rings. The van der Waals surface area contributed by atoms with Crippen LogP contribution in [0, 0.1) is 5.92 Å². The van der Waals surface area contributed by atoms with Gasteiger partial charge in [-0.15, -0.1) is 11.3 Å². The second-order valence-corrected chi connectivity index (χ2v) is 9.75. The number of rotatable bonds is 10. The van der Waals surface area contributed by atoms with Crippen LogP contribution in [0.4, 0.5) is 5.69 Å². The zero-order valence-electron chi connectivity index (χ0n) is 19.3. The lowest BCUT2D eigenvalue weighted by atomic mass is 9.94. The van der Waals surface area contributed by atoms with Crippen LogP contribution in [-0.4, -0.2) is 21.8 Å². The van der Waals surface area contributed by atoms with Crippen LogP contribution in [0.15, 0.2) is 72.8 Å². The van der Waals surface area contributed by atoms with Gasteiger partial charge in [0.1, 0.15) is 5.01 Å². The molecule has 1 atom stereocenters. The number of para-hydroxylation sites is 1. The summed E-state index contributed by atoms with van der Waals surface area (Å²) in [7, 11) is 0. The van der Waals surface area contributed by atoms with Gasteiger partial charge in [-0.25, -0.2) is 4.98 Å². The van der Waals surface area contributed by atoms with Gasteiger partial charge < -0.3 is 10.4 Å². The zero-order valence-corrected chi connectivity index (χ0v) is 20.1. The van der Waals surface area contributed by atoms with Gasteiger partial charge in [0.05, 0.1) is 16.3 Å². The van der Waals surface area contributed by atoms with E-state index < -0.39 is 5.97 Å². The predicted molar refractivity (Wildman–Crippen MR) is 139 cm³/mol. The van der Waals surface area contributed by atoms with Crippen molar-refractivity contribution >= 4 is 39.0 Å². The summed E-state index contributed by atoms with van der Waals surface area (Å²) < 4.78 is 1.19. The monoisotopic (exact) mass is 472 g/mol. The third-order valence-electron chi connectivity index (χ3n) is 5.80. The molecule has 0 unspecified atom stereocenters. The van der Waals surface area contributed by atoms with E-state index in [1.54, 1.807) is 23.5 Å². The molecule has 0 saturated heterocycles. The number of anilines is 1. The van der Waals surface area contributed by atoms with Crippen LogP contribution < -0.4 is 5.32 Å². The number of carboxylic acid groups (broad SMARTS) is 1. The lowest BCUT2D eigenvalue weighted by Gasteiger charge is -2.24. The van der Waals surface area contributed by atoms with Crippen molar-refractivity contribution in [3.8, 4) is 10.6 Å². The van der Waals surface area contributed by atoms with Crippen molar-refractivity contribution in [3.05, 3.63) is 83.9 Å². The largest absolute Gasteiger partial charge is 0.481 e. The summed E-state index contributed by atoms with van der Waals surface area (Å²) >= 11 is 1.70. The average molecular weight is 473 g/mol. The maximum Gasteiger partial charge on any atom is 0.303 e. The van der Waals surface area contributed by atoms with Gasteiger partial charge in [0.2, 0.25) is 0 Å². The van der Waals surface area contributed by atoms with Crippen molar-refractivity contribution < 1.29 is 14.7 Å². The number of benzene rings is 3. The lowest BCUT2D eigenvalue weighted by molar-refractivity contribution is -0.137. The zero-order chi connectivity index (χ0) is 24.1. The summed E-state index contributed by atoms with van der Waals surface area (Å²) in [5.41, 5.74) is 4.87. The molecule has 0 aliphatic carbocycles. The molecule has 34 heavy (non-hydrogen) atoms. The summed E-state index contributed by atoms with van der Waals surface area (Å²) in [5, 5.41) is 13.4. The van der Waals surface area contributed by atoms with E-state index >= 15 is 0 Å². The van der Waals surface area contributed by atoms with E-state index in [0.717, 1.165) is 21.8 Å². The number of fused-ring (bicyclic) bond motifs is 1. The number of aliphatic carboxylic acids is 1. The molecule has 0 radical (unpaired) electrons. The second-order valence-electron chi connectivity index (χ2n) is 8.72. The number of carbonyl (C=O) groups excluding carboxylic acids is 1. The van der Waals surface area contributed by atoms with Gasteiger partial charge >= 0.3 is 5.97 Å². The highest BCUT2D eigenvalue weighted by molar-refractivity contribution is 7.21. The molecule has 0 aliphatic rings. The fourth-order valence-electron chi connectivity index (χ4n) is 3.94. The third-order valence-corrected chi connectivity index (χ3v) is 6.89. The van der Waals surface area contributed by atoms with Crippen LogP contribution in [0.2, 0.25) is 0 Å². The smallest absolute Gasteiger partial charge is 0.303 e. The van der Waals surface area contributed by atoms with E-state index in [1.807, 2.05) is 30.3 Å². The van der Waals surface area contributed by atoms with Gasteiger partial charge in [-0.3, -0.25) is 9.59 Å². The standard InChI is InChI=1S/C28H28N2O3S/c1-18(2)27(29-22-16-14-19(15-17-22)24(31)7-5-9-26(32)33)20-10-12-21(13-11-20)28-30-23-6-3-4-8-25(23)34-28/h3-4,6,8,10-18,27,29H,5,7,9H2,1-2H3,(H,32,33)/t27-/m0/s1. The molecule has 2 N–H and O–H groups in total. The van der Waals surface area contributed by atoms with Crippen LogP contribution in [0.1, 0.15) is 55.1 Å². The van der Waals surface area contributed by atoms with Crippen molar-refractivity contribution in [3.63, 3.8) is 0 Å². The number of carbonyl (C=O) groups is 2. The molecule has 6 heteroatoms. The number of hydrogen-bond donors (Lipinski definition) is 2. The SMILES string of the molecule is CC(C)[C@H](Nc1ccc(C(=O)CCCC(=O)O)cc1)c1ccc(-c2nc3ccccc3s2)cc1. The van der Waals surface area contributed by atoms with Gasteiger partial charge in [0.25, 0.3) is 0 Å². The highest BCUT2D eigenvalue weighted by Crippen LogP contribution is 2.32. The lowest BCUT2D eigenvalue weighted by Crippen LogP contribution is -2.16. The molecule has 0 fully saturated rings. The number of nitrogens with zero attached hydrogens (tertiary/aromatic N) is 1. The molecule has 0 amide bonds. The van der Waals surface area contributed by atoms with Crippen LogP contribution in [0.25, 0.3) is 20.8 Å². The second kappa shape index (κ2) is 10.6. The molecule has 5 nitrogen and oxygen atoms in total. The Kier molecular flexibility index (Phi) is 7.38. The molecule has 0 spiro atoms. The normalized spacial score (nSPS) is 12.1. The Morgan fingerprint density at radius 1 is 0.941 bits per heavy atom. The molecule has 0 bridgehead atoms. The van der Waals surface area contributed by atoms with Crippen LogP contribution in [-0.2, 0) is 4.79 Å². The van der Waals surface area contributed by atoms with Crippen molar-refractivity contribution in [2.75, 3.05) is 5.32 Å². The number of thiazole rings is 1. The Morgan fingerprint density at radius 3 is 2.29 bits per heavy atom. The molecule has 1 heterocycles. The third kappa shape index (κ3) is 5.69. The van der Waals surface area contributed by atoms with E-state index in [9.17, 15) is 9.59 Å². The average Bonchev–Trinajstić information content (AvgIpc) is 3.27. The minimum absolute atomic E-state index is 0.0131. The van der Waals surface area contributed by atoms with Gasteiger partial charge in [-0.05, 0) is 54.3 Å². The first-order valence-corrected chi connectivity index (χ1v) is 12.3. The Labute approximate surface area is 203 Å². The van der Waals surface area contributed by atoms with Crippen LogP contribution >= 0.6 is 11.3 Å². The summed E-state index contributed by atoms with van der Waals surface area (Å²) in [6, 6.07) is 24.3. The van der Waals surface area contributed by atoms with Gasteiger partial charge in [0.15, 0.2) is 5.78 Å². The van der Waals surface area contributed by atoms with E-state index in [0.29, 0.717) is 17.9 Å². The van der Waals surface area contributed by atoms with Gasteiger partial charge in [0, 0.05) is 29.7 Å². The fraction of sp³-hybridized carbons (Fsp3) is 0.250. The van der Waals surface area contributed by atoms with E-state index in [2.05, 4.69) is 49.5 Å². The number of nitrogens with one attached hydrogen (secondary N) is 1. The maximum absolute atomic E-state index is 12.3. The van der Waals surface area contributed by atoms with Crippen LogP contribution in [0.3, 0.4) is 0 Å². The van der Waals surface area contributed by atoms with Crippen molar-refractivity contribution in [1.82, 2.24) is 4.98 Å². The number of ketones is 1. The number of Topliss-reactive ketones (excluding diaryl/α,β-unsaturated/α-hetero) is 1. The van der Waals surface area contributed by atoms with Crippen molar-refractivity contribution in [2.45, 2.75) is 39.2 Å². The summed E-state index contributed by atoms with van der Waals surface area (Å²) in [6.07, 6.45) is 0.616. The van der Waals surface area contributed by atoms with Crippen molar-refractivity contribution in [2.24, 2.45) is 5.92 Å². The van der Waals surface area contributed by atoms with Gasteiger partial charge in [-0.1, -0.05) is 50.2 Å². The molecule has 3 aromatic carbocycles. The number of carboxylic acids is 1. The highest BCUT2D eigenvalue weighted by atomic mass is 32.1. The summed E-state index contributed by atoms with van der Waals surface area (Å²) in [5.74, 6) is -0.551. The number of hydrogen-bond acceptors (Lipinski definition) is 5. The van der Waals surface area contributed by atoms with E-state index in [4.69, 9.17) is 10.1 Å². The van der Waals surface area contributed by atoms with E-state index in [-0.39, 0.29) is 24.7 Å². The first-order valence-electron chi connectivity index (χ1n) is 11.5. The Bertz CT molecular complexity index is 1240. The molecule has 174 valence electrons. The van der Waals surface area contributed by atoms with Crippen molar-refractivity contribution in [1.29, 1.82) is 0 Å². The maximum atomic E-state index is 12.3. The molecule has 1 aromatic heterocycles. The predicted octanol–water partition coefficient (Wildman–Crippen LogP) is 7.21. The minimum Gasteiger partial charge on any atom is -0.481 e. The first-order chi connectivity index (χ1) is 16.4. The summed E-state index contributed by atoms with van der Waals surface area (Å²) in [4.78, 5) is 27.7. The molecule has 4 rings (SSSR count). The van der Waals surface area contributed by atoms with Crippen LogP contribution in [0.5, 0.6) is 0 Å². The summed E-state index contributed by atoms with van der Waals surface area (Å²) in [6.45, 7) is 4.36. The molecule has 0 aliphatic heterocycles. The topological polar surface area (TPSA) is 79.3 Å². The fourth-order valence-corrected chi connectivity index (χ4v) is 4.91. The minimum atomic E-state index is -0.875. The molecule has 0 saturated carbocycles. The molecular formula is C28H28N2O3S. The Balaban J connectivity index is 1.45. The molecular weight excluding hydrogens is 444 g/mol. The Hall–Kier alpha value is -3.51. The Morgan fingerprint density at radius 2 is 1.65 bits per heavy atom.